The molecule has 0 saturated heterocycles. The van der Waals surface area contributed by atoms with E-state index in [0.717, 1.165) is 11.3 Å². The molecule has 0 saturated carbocycles. The van der Waals surface area contributed by atoms with Gasteiger partial charge in [-0.05, 0) is 67.1 Å². The number of carbonyl (C=O) groups is 1. The average molecular weight is 404 g/mol. The highest BCUT2D eigenvalue weighted by Gasteiger charge is 2.33. The Balaban J connectivity index is 1.80. The van der Waals surface area contributed by atoms with E-state index in [1.165, 1.54) is 0 Å². The Labute approximate surface area is 173 Å². The summed E-state index contributed by atoms with van der Waals surface area (Å²) >= 11 is 6.41. The molecule has 0 atom stereocenters. The zero-order chi connectivity index (χ0) is 20.2. The summed E-state index contributed by atoms with van der Waals surface area (Å²) in [7, 11) is 0. The third kappa shape index (κ3) is 3.91. The van der Waals surface area contributed by atoms with E-state index in [9.17, 15) is 4.79 Å². The Morgan fingerprint density at radius 2 is 1.76 bits per heavy atom. The number of hydrogen-bond donors (Lipinski definition) is 0. The number of hydrogen-bond acceptors (Lipinski definition) is 4. The smallest absolute Gasteiger partial charge is 0.282 e. The molecule has 1 aliphatic heterocycles. The number of rotatable bonds is 5. The van der Waals surface area contributed by atoms with Gasteiger partial charge in [-0.1, -0.05) is 23.7 Å². The van der Waals surface area contributed by atoms with Crippen molar-refractivity contribution in [3.63, 3.8) is 0 Å². The normalized spacial score (nSPS) is 15.0. The van der Waals surface area contributed by atoms with Crippen LogP contribution in [0.25, 0.3) is 6.08 Å². The molecule has 3 aromatic rings. The first-order chi connectivity index (χ1) is 14.2. The first-order valence-corrected chi connectivity index (χ1v) is 9.58. The lowest BCUT2D eigenvalue weighted by molar-refractivity contribution is -0.113. The summed E-state index contributed by atoms with van der Waals surface area (Å²) in [6.07, 6.45) is 5.10. The number of benzene rings is 2. The van der Waals surface area contributed by atoms with Gasteiger partial charge in [-0.3, -0.25) is 14.7 Å². The highest BCUT2D eigenvalue weighted by atomic mass is 35.5. The minimum atomic E-state index is -0.221. The fraction of sp³-hybridized carbons (Fsp3) is 0.0870. The number of aliphatic imine (C=N–C) groups is 1. The van der Waals surface area contributed by atoms with Crippen LogP contribution in [0.15, 0.2) is 83.7 Å². The van der Waals surface area contributed by atoms with Crippen LogP contribution in [0.5, 0.6) is 5.75 Å². The number of anilines is 1. The van der Waals surface area contributed by atoms with Crippen molar-refractivity contribution in [1.29, 1.82) is 0 Å². The Bertz CT molecular complexity index is 1090. The number of ether oxygens (including phenoxy) is 1. The molecular weight excluding hydrogens is 386 g/mol. The van der Waals surface area contributed by atoms with E-state index in [2.05, 4.69) is 9.98 Å². The molecule has 0 radical (unpaired) electrons. The van der Waals surface area contributed by atoms with Crippen LogP contribution in [0.1, 0.15) is 18.1 Å². The van der Waals surface area contributed by atoms with Crippen molar-refractivity contribution in [3.8, 4) is 5.75 Å². The van der Waals surface area contributed by atoms with Gasteiger partial charge in [-0.25, -0.2) is 4.99 Å². The Morgan fingerprint density at radius 3 is 2.45 bits per heavy atom. The zero-order valence-corrected chi connectivity index (χ0v) is 16.5. The summed E-state index contributed by atoms with van der Waals surface area (Å²) in [5.41, 5.74) is 2.56. The molecule has 1 amide bonds. The SMILES string of the molecule is CCOc1ccc(N2C(=O)/C(=C\c3ccncc3)N=C2c2ccccc2Cl)cc1. The van der Waals surface area contributed by atoms with Crippen LogP contribution in [-0.4, -0.2) is 23.3 Å². The summed E-state index contributed by atoms with van der Waals surface area (Å²) in [5, 5.41) is 0.528. The maximum absolute atomic E-state index is 13.3. The molecule has 1 aliphatic rings. The molecular formula is C23H18ClN3O2. The lowest BCUT2D eigenvalue weighted by Gasteiger charge is -2.19. The highest BCUT2D eigenvalue weighted by Crippen LogP contribution is 2.31. The van der Waals surface area contributed by atoms with E-state index in [1.807, 2.05) is 61.5 Å². The van der Waals surface area contributed by atoms with Crippen molar-refractivity contribution in [3.05, 3.63) is 94.9 Å². The molecule has 2 heterocycles. The minimum Gasteiger partial charge on any atom is -0.494 e. The first-order valence-electron chi connectivity index (χ1n) is 9.20. The predicted molar refractivity (Wildman–Crippen MR) is 115 cm³/mol. The number of aromatic nitrogens is 1. The largest absolute Gasteiger partial charge is 0.494 e. The van der Waals surface area contributed by atoms with Crippen molar-refractivity contribution in [2.75, 3.05) is 11.5 Å². The molecule has 6 heteroatoms. The van der Waals surface area contributed by atoms with Gasteiger partial charge in [0.25, 0.3) is 5.91 Å². The van der Waals surface area contributed by atoms with Gasteiger partial charge >= 0.3 is 0 Å². The molecule has 1 aromatic heterocycles. The molecule has 5 nitrogen and oxygen atoms in total. The molecule has 0 fully saturated rings. The third-order valence-corrected chi connectivity index (χ3v) is 4.72. The van der Waals surface area contributed by atoms with E-state index < -0.39 is 0 Å². The van der Waals surface area contributed by atoms with Crippen molar-refractivity contribution >= 4 is 35.1 Å². The Morgan fingerprint density at radius 1 is 1.03 bits per heavy atom. The summed E-state index contributed by atoms with van der Waals surface area (Å²) in [6.45, 7) is 2.50. The molecule has 0 spiro atoms. The second-order valence-corrected chi connectivity index (χ2v) is 6.70. The van der Waals surface area contributed by atoms with E-state index >= 15 is 0 Å². The molecule has 4 rings (SSSR count). The topological polar surface area (TPSA) is 54.8 Å². The average Bonchev–Trinajstić information content (AvgIpc) is 3.06. The van der Waals surface area contributed by atoms with E-state index in [4.69, 9.17) is 16.3 Å². The lowest BCUT2D eigenvalue weighted by Crippen LogP contribution is -2.32. The summed E-state index contributed by atoms with van der Waals surface area (Å²) in [6, 6.07) is 18.3. The third-order valence-electron chi connectivity index (χ3n) is 4.39. The van der Waals surface area contributed by atoms with Crippen molar-refractivity contribution < 1.29 is 9.53 Å². The summed E-state index contributed by atoms with van der Waals surface area (Å²) in [4.78, 5) is 23.5. The van der Waals surface area contributed by atoms with Crippen molar-refractivity contribution in [2.24, 2.45) is 4.99 Å². The number of nitrogens with zero attached hydrogens (tertiary/aromatic N) is 3. The minimum absolute atomic E-state index is 0.221. The standard InChI is InChI=1S/C23H18ClN3O2/c1-2-29-18-9-7-17(8-10-18)27-22(19-5-3-4-6-20(19)24)26-21(23(27)28)15-16-11-13-25-14-12-16/h3-15H,2H2,1H3/b21-15+. The van der Waals surface area contributed by atoms with E-state index in [-0.39, 0.29) is 5.91 Å². The van der Waals surface area contributed by atoms with Gasteiger partial charge in [-0.15, -0.1) is 0 Å². The fourth-order valence-corrected chi connectivity index (χ4v) is 3.28. The van der Waals surface area contributed by atoms with E-state index in [1.54, 1.807) is 29.4 Å². The number of amidine groups is 1. The quantitative estimate of drug-likeness (QED) is 0.565. The fourth-order valence-electron chi connectivity index (χ4n) is 3.06. The maximum Gasteiger partial charge on any atom is 0.282 e. The van der Waals surface area contributed by atoms with Crippen LogP contribution in [0, 0.1) is 0 Å². The number of amides is 1. The zero-order valence-electron chi connectivity index (χ0n) is 15.7. The number of carbonyl (C=O) groups excluding carboxylic acids is 1. The Hall–Kier alpha value is -3.44. The van der Waals surface area contributed by atoms with E-state index in [0.29, 0.717) is 34.4 Å². The highest BCUT2D eigenvalue weighted by molar-refractivity contribution is 6.39. The van der Waals surface area contributed by atoms with Gasteiger partial charge in [-0.2, -0.15) is 0 Å². The van der Waals surface area contributed by atoms with Crippen LogP contribution in [0.3, 0.4) is 0 Å². The number of halogens is 1. The second-order valence-electron chi connectivity index (χ2n) is 6.29. The van der Waals surface area contributed by atoms with Crippen LogP contribution in [-0.2, 0) is 4.79 Å². The molecule has 29 heavy (non-hydrogen) atoms. The first kappa shape index (κ1) is 18.9. The van der Waals surface area contributed by atoms with Crippen molar-refractivity contribution in [2.45, 2.75) is 6.92 Å². The summed E-state index contributed by atoms with van der Waals surface area (Å²) in [5.74, 6) is 1.01. The molecule has 0 bridgehead atoms. The van der Waals surface area contributed by atoms with Gasteiger partial charge in [0.2, 0.25) is 0 Å². The van der Waals surface area contributed by atoms with Gasteiger partial charge in [0.15, 0.2) is 0 Å². The van der Waals surface area contributed by atoms with Gasteiger partial charge in [0.1, 0.15) is 17.3 Å². The summed E-state index contributed by atoms with van der Waals surface area (Å²) < 4.78 is 5.51. The molecule has 144 valence electrons. The predicted octanol–water partition coefficient (Wildman–Crippen LogP) is 4.97. The lowest BCUT2D eigenvalue weighted by atomic mass is 10.1. The van der Waals surface area contributed by atoms with Gasteiger partial charge in [0.05, 0.1) is 17.3 Å². The van der Waals surface area contributed by atoms with Gasteiger partial charge in [0, 0.05) is 18.0 Å². The monoisotopic (exact) mass is 403 g/mol. The second kappa shape index (κ2) is 8.29. The molecule has 0 unspecified atom stereocenters. The molecule has 0 N–H and O–H groups in total. The molecule has 0 aliphatic carbocycles. The van der Waals surface area contributed by atoms with Crippen LogP contribution in [0.2, 0.25) is 5.02 Å². The van der Waals surface area contributed by atoms with Gasteiger partial charge < -0.3 is 4.74 Å². The maximum atomic E-state index is 13.3. The van der Waals surface area contributed by atoms with Crippen LogP contribution in [0.4, 0.5) is 5.69 Å². The number of pyridine rings is 1. The van der Waals surface area contributed by atoms with Crippen molar-refractivity contribution in [1.82, 2.24) is 4.98 Å². The molecule has 2 aromatic carbocycles. The van der Waals surface area contributed by atoms with Crippen LogP contribution >= 0.6 is 11.6 Å². The van der Waals surface area contributed by atoms with Crippen LogP contribution < -0.4 is 9.64 Å². The Kier molecular flexibility index (Phi) is 5.40.